The summed E-state index contributed by atoms with van der Waals surface area (Å²) in [6.07, 6.45) is 0. The predicted octanol–water partition coefficient (Wildman–Crippen LogP) is 8.46. The first-order valence-electron chi connectivity index (χ1n) is 11.0. The van der Waals surface area contributed by atoms with E-state index in [-0.39, 0.29) is 5.41 Å². The topological polar surface area (TPSA) is 0 Å². The number of halogens is 1. The van der Waals surface area contributed by atoms with Crippen molar-refractivity contribution in [1.29, 1.82) is 0 Å². The maximum Gasteiger partial charge on any atom is 0.0725 e. The van der Waals surface area contributed by atoms with E-state index in [1.807, 2.05) is 0 Å². The Morgan fingerprint density at radius 1 is 0.406 bits per heavy atom. The molecule has 0 bridgehead atoms. The molecule has 0 amide bonds. The minimum Gasteiger partial charge on any atom is -0.0622 e. The summed E-state index contributed by atoms with van der Waals surface area (Å²) in [7, 11) is 0. The monoisotopic (exact) mass is 470 g/mol. The highest BCUT2D eigenvalue weighted by Gasteiger charge is 2.51. The van der Waals surface area contributed by atoms with Gasteiger partial charge in [0.15, 0.2) is 0 Å². The van der Waals surface area contributed by atoms with Gasteiger partial charge in [0.05, 0.1) is 5.41 Å². The molecule has 5 aromatic rings. The Morgan fingerprint density at radius 2 is 0.938 bits per heavy atom. The molecule has 0 heterocycles. The smallest absolute Gasteiger partial charge is 0.0622 e. The van der Waals surface area contributed by atoms with Gasteiger partial charge < -0.3 is 0 Å². The van der Waals surface area contributed by atoms with E-state index in [1.54, 1.807) is 0 Å². The van der Waals surface area contributed by atoms with Crippen molar-refractivity contribution in [3.05, 3.63) is 142 Å². The van der Waals surface area contributed by atoms with Crippen molar-refractivity contribution in [2.75, 3.05) is 0 Å². The Labute approximate surface area is 196 Å². The van der Waals surface area contributed by atoms with Crippen LogP contribution in [0.15, 0.2) is 120 Å². The van der Waals surface area contributed by atoms with Crippen LogP contribution in [0.5, 0.6) is 0 Å². The summed E-state index contributed by atoms with van der Waals surface area (Å²) >= 11 is 3.74. The van der Waals surface area contributed by atoms with Gasteiger partial charge in [-0.15, -0.1) is 0 Å². The van der Waals surface area contributed by atoms with Gasteiger partial charge in [-0.1, -0.05) is 113 Å². The zero-order valence-corrected chi connectivity index (χ0v) is 18.9. The summed E-state index contributed by atoms with van der Waals surface area (Å²) in [5.41, 5.74) is 13.1. The van der Waals surface area contributed by atoms with Crippen LogP contribution < -0.4 is 0 Å². The molecule has 0 aliphatic heterocycles. The highest BCUT2D eigenvalue weighted by Crippen LogP contribution is 2.63. The van der Waals surface area contributed by atoms with Gasteiger partial charge >= 0.3 is 0 Å². The first-order valence-corrected chi connectivity index (χ1v) is 11.8. The highest BCUT2D eigenvalue weighted by atomic mass is 79.9. The van der Waals surface area contributed by atoms with Crippen LogP contribution in [0, 0.1) is 0 Å². The van der Waals surface area contributed by atoms with Gasteiger partial charge in [-0.05, 0) is 73.8 Å². The summed E-state index contributed by atoms with van der Waals surface area (Å²) < 4.78 is 1.11. The Bertz CT molecular complexity index is 1480. The molecule has 0 nitrogen and oxygen atoms in total. The van der Waals surface area contributed by atoms with Crippen LogP contribution in [0.3, 0.4) is 0 Å². The third-order valence-electron chi connectivity index (χ3n) is 7.16. The molecule has 0 saturated heterocycles. The normalized spacial score (nSPS) is 14.0. The van der Waals surface area contributed by atoms with E-state index < -0.39 is 0 Å². The predicted molar refractivity (Wildman–Crippen MR) is 136 cm³/mol. The average molecular weight is 471 g/mol. The van der Waals surface area contributed by atoms with Crippen molar-refractivity contribution in [3.63, 3.8) is 0 Å². The van der Waals surface area contributed by atoms with E-state index in [0.717, 1.165) is 4.47 Å². The van der Waals surface area contributed by atoms with Crippen molar-refractivity contribution >= 4 is 15.9 Å². The second-order valence-corrected chi connectivity index (χ2v) is 9.57. The van der Waals surface area contributed by atoms with Gasteiger partial charge in [0, 0.05) is 4.47 Å². The Balaban J connectivity index is 1.62. The molecule has 150 valence electrons. The largest absolute Gasteiger partial charge is 0.0725 e. The second-order valence-electron chi connectivity index (χ2n) is 8.66. The van der Waals surface area contributed by atoms with Gasteiger partial charge in [-0.3, -0.25) is 0 Å². The fraction of sp³-hybridized carbons (Fsp3) is 0.0323. The van der Waals surface area contributed by atoms with Crippen molar-refractivity contribution in [3.8, 4) is 33.4 Å². The van der Waals surface area contributed by atoms with Crippen LogP contribution >= 0.6 is 15.9 Å². The van der Waals surface area contributed by atoms with Crippen LogP contribution in [-0.2, 0) is 5.41 Å². The zero-order valence-electron chi connectivity index (χ0n) is 17.3. The molecule has 0 saturated carbocycles. The van der Waals surface area contributed by atoms with Crippen molar-refractivity contribution in [2.24, 2.45) is 0 Å². The summed E-state index contributed by atoms with van der Waals surface area (Å²) in [6, 6.07) is 42.4. The Morgan fingerprint density at radius 3 is 1.62 bits per heavy atom. The van der Waals surface area contributed by atoms with Crippen LogP contribution in [0.2, 0.25) is 0 Å². The fourth-order valence-electron chi connectivity index (χ4n) is 5.93. The first kappa shape index (κ1) is 18.2. The summed E-state index contributed by atoms with van der Waals surface area (Å²) in [6.45, 7) is 0. The first-order chi connectivity index (χ1) is 15.8. The van der Waals surface area contributed by atoms with Gasteiger partial charge in [-0.2, -0.15) is 0 Å². The SMILES string of the molecule is Brc1ccc2c(c1)-c1cc(-c3ccccc3)ccc1C21c2ccccc2-c2ccccc21. The lowest BCUT2D eigenvalue weighted by Gasteiger charge is -2.30. The average Bonchev–Trinajstić information content (AvgIpc) is 3.31. The zero-order chi connectivity index (χ0) is 21.3. The number of fused-ring (bicyclic) bond motifs is 10. The minimum atomic E-state index is -0.270. The Hall–Kier alpha value is -3.42. The molecule has 7 rings (SSSR count). The molecule has 0 N–H and O–H groups in total. The fourth-order valence-corrected chi connectivity index (χ4v) is 6.29. The standard InChI is InChI=1S/C31H19Br/c32-22-15-17-30-26(19-22)25-18-21(20-8-2-1-3-9-20)14-16-29(25)31(30)27-12-6-4-10-23(27)24-11-5-7-13-28(24)31/h1-19H. The maximum atomic E-state index is 3.74. The van der Waals surface area contributed by atoms with Crippen molar-refractivity contribution < 1.29 is 0 Å². The molecule has 1 heteroatoms. The molecule has 2 aliphatic carbocycles. The molecule has 0 fully saturated rings. The van der Waals surface area contributed by atoms with Gasteiger partial charge in [-0.25, -0.2) is 0 Å². The summed E-state index contributed by atoms with van der Waals surface area (Å²) in [4.78, 5) is 0. The molecule has 0 unspecified atom stereocenters. The van der Waals surface area contributed by atoms with E-state index in [9.17, 15) is 0 Å². The quantitative estimate of drug-likeness (QED) is 0.225. The van der Waals surface area contributed by atoms with E-state index >= 15 is 0 Å². The molecular formula is C31H19Br. The minimum absolute atomic E-state index is 0.270. The molecule has 0 atom stereocenters. The van der Waals surface area contributed by atoms with Gasteiger partial charge in [0.1, 0.15) is 0 Å². The third kappa shape index (κ3) is 2.22. The molecule has 2 aliphatic rings. The summed E-state index contributed by atoms with van der Waals surface area (Å²) in [5.74, 6) is 0. The van der Waals surface area contributed by atoms with Crippen LogP contribution in [0.25, 0.3) is 33.4 Å². The number of hydrogen-bond donors (Lipinski definition) is 0. The van der Waals surface area contributed by atoms with Crippen LogP contribution in [-0.4, -0.2) is 0 Å². The number of rotatable bonds is 1. The van der Waals surface area contributed by atoms with E-state index in [2.05, 4.69) is 131 Å². The molecule has 5 aromatic carbocycles. The van der Waals surface area contributed by atoms with Crippen molar-refractivity contribution in [2.45, 2.75) is 5.41 Å². The molecular weight excluding hydrogens is 452 g/mol. The third-order valence-corrected chi connectivity index (χ3v) is 7.65. The number of benzene rings is 5. The van der Waals surface area contributed by atoms with Gasteiger partial charge in [0.25, 0.3) is 0 Å². The van der Waals surface area contributed by atoms with Crippen LogP contribution in [0.4, 0.5) is 0 Å². The van der Waals surface area contributed by atoms with E-state index in [1.165, 1.54) is 55.6 Å². The molecule has 0 aromatic heterocycles. The maximum absolute atomic E-state index is 3.74. The number of hydrogen-bond acceptors (Lipinski definition) is 0. The van der Waals surface area contributed by atoms with Crippen LogP contribution in [0.1, 0.15) is 22.3 Å². The lowest BCUT2D eigenvalue weighted by molar-refractivity contribution is 0.793. The molecule has 1 spiro atoms. The van der Waals surface area contributed by atoms with E-state index in [0.29, 0.717) is 0 Å². The second kappa shape index (κ2) is 6.54. The lowest BCUT2D eigenvalue weighted by atomic mass is 9.70. The molecule has 32 heavy (non-hydrogen) atoms. The molecule has 0 radical (unpaired) electrons. The van der Waals surface area contributed by atoms with Gasteiger partial charge in [0.2, 0.25) is 0 Å². The van der Waals surface area contributed by atoms with E-state index in [4.69, 9.17) is 0 Å². The van der Waals surface area contributed by atoms with Crippen molar-refractivity contribution in [1.82, 2.24) is 0 Å². The lowest BCUT2D eigenvalue weighted by Crippen LogP contribution is -2.25. The highest BCUT2D eigenvalue weighted by molar-refractivity contribution is 9.10. The summed E-state index contributed by atoms with van der Waals surface area (Å²) in [5, 5.41) is 0. The Kier molecular flexibility index (Phi) is 3.72.